The number of nitrogens with two attached hydrogens (primary N) is 1. The van der Waals surface area contributed by atoms with Crippen molar-refractivity contribution >= 4 is 12.2 Å². The normalized spacial score (nSPS) is 11.0. The lowest BCUT2D eigenvalue weighted by molar-refractivity contribution is -0.106. The highest BCUT2D eigenvalue weighted by Crippen LogP contribution is 2.28. The molecule has 0 amide bonds. The summed E-state index contributed by atoms with van der Waals surface area (Å²) in [6.45, 7) is 20.7. The van der Waals surface area contributed by atoms with Crippen molar-refractivity contribution in [2.75, 3.05) is 5.73 Å². The molecular formula is C29H54N2O2. The molecular weight excluding hydrogens is 408 g/mol. The second-order valence-corrected chi connectivity index (χ2v) is 8.01. The Kier molecular flexibility index (Phi) is 28.1. The van der Waals surface area contributed by atoms with Crippen LogP contribution in [0.4, 0.5) is 5.88 Å². The topological polar surface area (TPSA) is 69.1 Å². The highest BCUT2D eigenvalue weighted by molar-refractivity contribution is 5.44. The zero-order valence-electron chi connectivity index (χ0n) is 23.4. The van der Waals surface area contributed by atoms with Crippen LogP contribution in [0.2, 0.25) is 0 Å². The predicted octanol–water partition coefficient (Wildman–Crippen LogP) is 9.17. The van der Waals surface area contributed by atoms with E-state index in [2.05, 4.69) is 77.9 Å². The minimum Gasteiger partial charge on any atom is -0.368 e. The highest BCUT2D eigenvalue weighted by Gasteiger charge is 2.16. The number of benzene rings is 1. The molecule has 1 heterocycles. The molecule has 33 heavy (non-hydrogen) atoms. The maximum Gasteiger partial charge on any atom is 0.222 e. The van der Waals surface area contributed by atoms with E-state index in [-0.39, 0.29) is 0 Å². The second-order valence-electron chi connectivity index (χ2n) is 8.01. The van der Waals surface area contributed by atoms with Crippen molar-refractivity contribution in [3.05, 3.63) is 47.2 Å². The summed E-state index contributed by atoms with van der Waals surface area (Å²) in [5, 5.41) is 4.04. The summed E-state index contributed by atoms with van der Waals surface area (Å²) in [6.07, 6.45) is 9.18. The van der Waals surface area contributed by atoms with Gasteiger partial charge in [-0.15, -0.1) is 0 Å². The SMILES string of the molecule is CC.CC=O.CCC.CCCC(CCC(C)CC)c1cc(N)on1.CCc1ccc(C)cc1. The molecule has 0 bridgehead atoms. The van der Waals surface area contributed by atoms with E-state index in [4.69, 9.17) is 15.1 Å². The number of nitrogen functional groups attached to an aromatic ring is 1. The molecule has 0 aliphatic rings. The van der Waals surface area contributed by atoms with Gasteiger partial charge in [0.15, 0.2) is 0 Å². The quantitative estimate of drug-likeness (QED) is 0.397. The van der Waals surface area contributed by atoms with Crippen LogP contribution in [0.3, 0.4) is 0 Å². The Morgan fingerprint density at radius 2 is 1.52 bits per heavy atom. The van der Waals surface area contributed by atoms with Gasteiger partial charge in [-0.25, -0.2) is 0 Å². The van der Waals surface area contributed by atoms with Crippen LogP contribution < -0.4 is 5.73 Å². The Bertz CT molecular complexity index is 635. The monoisotopic (exact) mass is 462 g/mol. The fraction of sp³-hybridized carbons (Fsp3) is 0.655. The number of aromatic nitrogens is 1. The van der Waals surface area contributed by atoms with Crippen LogP contribution in [-0.2, 0) is 11.2 Å². The second kappa shape index (κ2) is 26.2. The van der Waals surface area contributed by atoms with E-state index >= 15 is 0 Å². The van der Waals surface area contributed by atoms with Crippen LogP contribution in [0.1, 0.15) is 124 Å². The number of rotatable bonds is 8. The van der Waals surface area contributed by atoms with Gasteiger partial charge >= 0.3 is 0 Å². The smallest absolute Gasteiger partial charge is 0.222 e. The van der Waals surface area contributed by atoms with Gasteiger partial charge < -0.3 is 15.1 Å². The highest BCUT2D eigenvalue weighted by atomic mass is 16.5. The van der Waals surface area contributed by atoms with Gasteiger partial charge in [0.2, 0.25) is 5.88 Å². The van der Waals surface area contributed by atoms with E-state index in [1.54, 1.807) is 0 Å². The third-order valence-electron chi connectivity index (χ3n) is 4.84. The number of hydrogen-bond acceptors (Lipinski definition) is 4. The van der Waals surface area contributed by atoms with E-state index in [1.807, 2.05) is 19.9 Å². The summed E-state index contributed by atoms with van der Waals surface area (Å²) in [6, 6.07) is 10.5. The van der Waals surface area contributed by atoms with E-state index in [0.717, 1.165) is 24.3 Å². The molecule has 2 rings (SSSR count). The number of aldehydes is 1. The van der Waals surface area contributed by atoms with E-state index in [9.17, 15) is 0 Å². The van der Waals surface area contributed by atoms with Gasteiger partial charge in [-0.05, 0) is 44.6 Å². The first-order valence-electron chi connectivity index (χ1n) is 13.0. The minimum atomic E-state index is 0.430. The van der Waals surface area contributed by atoms with Crippen LogP contribution in [0.25, 0.3) is 0 Å². The molecule has 2 unspecified atom stereocenters. The van der Waals surface area contributed by atoms with Crippen LogP contribution in [0.5, 0.6) is 0 Å². The molecule has 4 heteroatoms. The number of anilines is 1. The standard InChI is InChI=1S/C13H24N2O.C9H12.C3H8.C2H4O.C2H6/c1-4-6-11(8-7-10(3)5-2)12-9-13(14)16-15-12;1-3-9-6-4-8(2)5-7-9;1-3-2;1-2-3;1-2/h9-11H,4-8,14H2,1-3H3;4-7H,3H2,1-2H3;3H2,1-2H3;2H,1H3;1-2H3. The molecule has 0 aliphatic carbocycles. The molecule has 0 saturated heterocycles. The molecule has 0 aliphatic heterocycles. The molecule has 192 valence electrons. The molecule has 2 N–H and O–H groups in total. The lowest BCUT2D eigenvalue weighted by Gasteiger charge is -2.15. The zero-order valence-corrected chi connectivity index (χ0v) is 23.4. The third kappa shape index (κ3) is 21.5. The van der Waals surface area contributed by atoms with Crippen molar-refractivity contribution in [1.82, 2.24) is 5.16 Å². The first-order valence-corrected chi connectivity index (χ1v) is 13.0. The summed E-state index contributed by atoms with van der Waals surface area (Å²) in [5.74, 6) is 1.74. The largest absolute Gasteiger partial charge is 0.368 e. The Balaban J connectivity index is -0.000000445. The van der Waals surface area contributed by atoms with Gasteiger partial charge in [-0.1, -0.05) is 116 Å². The van der Waals surface area contributed by atoms with Gasteiger partial charge in [0, 0.05) is 12.0 Å². The minimum absolute atomic E-state index is 0.430. The molecule has 0 radical (unpaired) electrons. The lowest BCUT2D eigenvalue weighted by atomic mass is 9.90. The first kappa shape index (κ1) is 35.5. The Hall–Kier alpha value is -2.10. The van der Waals surface area contributed by atoms with Gasteiger partial charge in [0.05, 0.1) is 5.69 Å². The summed E-state index contributed by atoms with van der Waals surface area (Å²) in [5.41, 5.74) is 9.35. The van der Waals surface area contributed by atoms with E-state index in [1.165, 1.54) is 56.6 Å². The summed E-state index contributed by atoms with van der Waals surface area (Å²) < 4.78 is 4.95. The van der Waals surface area contributed by atoms with Crippen molar-refractivity contribution in [2.45, 2.75) is 120 Å². The molecule has 2 aromatic rings. The molecule has 2 atom stereocenters. The number of carbonyl (C=O) groups excluding carboxylic acids is 1. The number of nitrogens with zero attached hydrogens (tertiary/aromatic N) is 1. The van der Waals surface area contributed by atoms with Crippen LogP contribution in [0.15, 0.2) is 34.9 Å². The fourth-order valence-electron chi connectivity index (χ4n) is 2.80. The fourth-order valence-corrected chi connectivity index (χ4v) is 2.80. The Labute approximate surface area is 205 Å². The first-order chi connectivity index (χ1) is 15.8. The summed E-state index contributed by atoms with van der Waals surface area (Å²) in [7, 11) is 0. The van der Waals surface area contributed by atoms with Crippen molar-refractivity contribution in [1.29, 1.82) is 0 Å². The maximum atomic E-state index is 8.81. The van der Waals surface area contributed by atoms with Crippen LogP contribution >= 0.6 is 0 Å². The molecule has 0 spiro atoms. The van der Waals surface area contributed by atoms with E-state index < -0.39 is 0 Å². The van der Waals surface area contributed by atoms with Gasteiger partial charge in [0.1, 0.15) is 6.29 Å². The predicted molar refractivity (Wildman–Crippen MR) is 147 cm³/mol. The number of hydrogen-bond donors (Lipinski definition) is 1. The Morgan fingerprint density at radius 1 is 1.00 bits per heavy atom. The average Bonchev–Trinajstić information content (AvgIpc) is 3.26. The molecule has 0 fully saturated rings. The zero-order chi connectivity index (χ0) is 26.1. The maximum absolute atomic E-state index is 8.81. The van der Waals surface area contributed by atoms with Gasteiger partial charge in [0.25, 0.3) is 0 Å². The number of aryl methyl sites for hydroxylation is 2. The molecule has 4 nitrogen and oxygen atoms in total. The van der Waals surface area contributed by atoms with Crippen LogP contribution in [-0.4, -0.2) is 11.4 Å². The van der Waals surface area contributed by atoms with E-state index in [0.29, 0.717) is 11.8 Å². The molecule has 0 saturated carbocycles. The van der Waals surface area contributed by atoms with Crippen LogP contribution in [0, 0.1) is 12.8 Å². The van der Waals surface area contributed by atoms with Gasteiger partial charge in [-0.3, -0.25) is 0 Å². The van der Waals surface area contributed by atoms with Crippen molar-refractivity contribution in [2.24, 2.45) is 5.92 Å². The Morgan fingerprint density at radius 3 is 1.88 bits per heavy atom. The van der Waals surface area contributed by atoms with Crippen molar-refractivity contribution in [3.63, 3.8) is 0 Å². The van der Waals surface area contributed by atoms with Crippen molar-refractivity contribution in [3.8, 4) is 0 Å². The summed E-state index contributed by atoms with van der Waals surface area (Å²) in [4.78, 5) is 8.81. The van der Waals surface area contributed by atoms with Gasteiger partial charge in [-0.2, -0.15) is 0 Å². The third-order valence-corrected chi connectivity index (χ3v) is 4.84. The number of carbonyl (C=O) groups is 1. The summed E-state index contributed by atoms with van der Waals surface area (Å²) >= 11 is 0. The average molecular weight is 463 g/mol. The molecule has 1 aromatic heterocycles. The van der Waals surface area contributed by atoms with Crippen molar-refractivity contribution < 1.29 is 9.32 Å². The molecule has 1 aromatic carbocycles. The lowest BCUT2D eigenvalue weighted by Crippen LogP contribution is -2.02.